The van der Waals surface area contributed by atoms with Crippen molar-refractivity contribution < 1.29 is 4.79 Å². The molecule has 8 heteroatoms. The number of rotatable bonds is 7. The first-order valence-electron chi connectivity index (χ1n) is 11.5. The van der Waals surface area contributed by atoms with Crippen molar-refractivity contribution in [1.29, 1.82) is 0 Å². The quantitative estimate of drug-likeness (QED) is 0.343. The summed E-state index contributed by atoms with van der Waals surface area (Å²) < 4.78 is 3.49. The Morgan fingerprint density at radius 3 is 2.46 bits per heavy atom. The second-order valence-corrected chi connectivity index (χ2v) is 9.48. The summed E-state index contributed by atoms with van der Waals surface area (Å²) in [7, 11) is 0. The van der Waals surface area contributed by atoms with Crippen LogP contribution in [0.5, 0.6) is 0 Å². The molecule has 2 aromatic heterocycles. The van der Waals surface area contributed by atoms with E-state index >= 15 is 0 Å². The molecule has 0 radical (unpaired) electrons. The summed E-state index contributed by atoms with van der Waals surface area (Å²) in [4.78, 5) is 26.2. The van der Waals surface area contributed by atoms with E-state index in [0.29, 0.717) is 28.4 Å². The number of amides is 1. The Kier molecular flexibility index (Phi) is 6.37. The Labute approximate surface area is 206 Å². The zero-order valence-corrected chi connectivity index (χ0v) is 20.3. The van der Waals surface area contributed by atoms with Crippen molar-refractivity contribution in [3.63, 3.8) is 0 Å². The van der Waals surface area contributed by atoms with Gasteiger partial charge in [-0.1, -0.05) is 86.3 Å². The summed E-state index contributed by atoms with van der Waals surface area (Å²) in [5.41, 5.74) is 3.43. The Bertz CT molecular complexity index is 1570. The van der Waals surface area contributed by atoms with Crippen LogP contribution in [0.15, 0.2) is 88.8 Å². The highest BCUT2D eigenvalue weighted by Crippen LogP contribution is 2.27. The average Bonchev–Trinajstić information content (AvgIpc) is 3.31. The van der Waals surface area contributed by atoms with Gasteiger partial charge in [0.2, 0.25) is 11.7 Å². The lowest BCUT2D eigenvalue weighted by molar-refractivity contribution is -0.118. The molecular weight excluding hydrogens is 458 g/mol. The largest absolute Gasteiger partial charge is 0.351 e. The van der Waals surface area contributed by atoms with E-state index < -0.39 is 0 Å². The number of hydrogen-bond donors (Lipinski definition) is 1. The molecule has 0 aliphatic rings. The normalized spacial score (nSPS) is 11.4. The fraction of sp³-hybridized carbons (Fsp3) is 0.185. The van der Waals surface area contributed by atoms with Gasteiger partial charge in [0.15, 0.2) is 5.16 Å². The topological polar surface area (TPSA) is 81.3 Å². The molecule has 5 aromatic rings. The number of para-hydroxylation sites is 2. The predicted molar refractivity (Wildman–Crippen MR) is 139 cm³/mol. The molecule has 0 bridgehead atoms. The van der Waals surface area contributed by atoms with E-state index in [1.54, 1.807) is 4.57 Å². The number of carbonyl (C=O) groups excluding carboxylic acids is 1. The van der Waals surface area contributed by atoms with Crippen molar-refractivity contribution in [3.8, 4) is 5.69 Å². The van der Waals surface area contributed by atoms with E-state index in [-0.39, 0.29) is 23.1 Å². The van der Waals surface area contributed by atoms with Gasteiger partial charge in [-0.3, -0.25) is 14.0 Å². The predicted octanol–water partition coefficient (Wildman–Crippen LogP) is 4.57. The van der Waals surface area contributed by atoms with Crippen LogP contribution >= 0.6 is 11.8 Å². The molecule has 0 saturated carbocycles. The molecule has 0 atom stereocenters. The summed E-state index contributed by atoms with van der Waals surface area (Å²) >= 11 is 1.30. The van der Waals surface area contributed by atoms with Gasteiger partial charge >= 0.3 is 0 Å². The molecule has 2 heterocycles. The van der Waals surface area contributed by atoms with Crippen LogP contribution in [0.25, 0.3) is 22.4 Å². The first-order valence-corrected chi connectivity index (χ1v) is 12.4. The van der Waals surface area contributed by atoms with Crippen LogP contribution in [0, 0.1) is 0 Å². The van der Waals surface area contributed by atoms with Crippen LogP contribution < -0.4 is 10.9 Å². The second-order valence-electron chi connectivity index (χ2n) is 8.54. The molecule has 0 aliphatic carbocycles. The van der Waals surface area contributed by atoms with Crippen LogP contribution in [0.1, 0.15) is 30.9 Å². The molecule has 0 aliphatic heterocycles. The van der Waals surface area contributed by atoms with Crippen molar-refractivity contribution in [2.75, 3.05) is 5.75 Å². The minimum Gasteiger partial charge on any atom is -0.351 e. The Balaban J connectivity index is 1.54. The van der Waals surface area contributed by atoms with E-state index in [4.69, 9.17) is 0 Å². The summed E-state index contributed by atoms with van der Waals surface area (Å²) in [6.45, 7) is 4.66. The Morgan fingerprint density at radius 2 is 1.66 bits per heavy atom. The van der Waals surface area contributed by atoms with E-state index in [9.17, 15) is 9.59 Å². The van der Waals surface area contributed by atoms with Gasteiger partial charge in [-0.05, 0) is 35.2 Å². The van der Waals surface area contributed by atoms with Crippen LogP contribution in [-0.2, 0) is 11.3 Å². The van der Waals surface area contributed by atoms with Gasteiger partial charge in [0.1, 0.15) is 0 Å². The van der Waals surface area contributed by atoms with Gasteiger partial charge in [-0.25, -0.2) is 4.57 Å². The summed E-state index contributed by atoms with van der Waals surface area (Å²) in [6.07, 6.45) is 0. The maximum absolute atomic E-state index is 13.6. The molecule has 7 nitrogen and oxygen atoms in total. The number of aromatic nitrogens is 4. The number of hydrogen-bond acceptors (Lipinski definition) is 5. The fourth-order valence-corrected chi connectivity index (χ4v) is 4.92. The van der Waals surface area contributed by atoms with E-state index in [1.807, 2.05) is 83.3 Å². The molecular formula is C27H25N5O2S. The van der Waals surface area contributed by atoms with Gasteiger partial charge in [-0.15, -0.1) is 10.2 Å². The van der Waals surface area contributed by atoms with Crippen LogP contribution in [-0.4, -0.2) is 30.8 Å². The van der Waals surface area contributed by atoms with E-state index in [2.05, 4.69) is 29.4 Å². The standard InChI is InChI=1S/C27H25N5O2S/c1-18(2)20-12-6-8-14-22(20)31-25(34)21-13-7-9-15-23(21)32-26(31)29-30-27(32)35-17-24(33)28-16-19-10-4-3-5-11-19/h3-15,18H,16-17H2,1-2H3,(H,28,33). The molecule has 0 spiro atoms. The maximum atomic E-state index is 13.6. The van der Waals surface area contributed by atoms with Gasteiger partial charge in [0.05, 0.1) is 22.3 Å². The van der Waals surface area contributed by atoms with Gasteiger partial charge in [0, 0.05) is 6.54 Å². The van der Waals surface area contributed by atoms with Gasteiger partial charge in [0.25, 0.3) is 5.56 Å². The van der Waals surface area contributed by atoms with Crippen molar-refractivity contribution in [2.45, 2.75) is 31.5 Å². The highest BCUT2D eigenvalue weighted by molar-refractivity contribution is 7.99. The van der Waals surface area contributed by atoms with Crippen molar-refractivity contribution in [2.24, 2.45) is 0 Å². The van der Waals surface area contributed by atoms with Crippen molar-refractivity contribution in [3.05, 3.63) is 100 Å². The van der Waals surface area contributed by atoms with E-state index in [0.717, 1.165) is 16.8 Å². The van der Waals surface area contributed by atoms with Crippen LogP contribution in [0.2, 0.25) is 0 Å². The highest BCUT2D eigenvalue weighted by atomic mass is 32.2. The average molecular weight is 484 g/mol. The zero-order valence-electron chi connectivity index (χ0n) is 19.5. The summed E-state index contributed by atoms with van der Waals surface area (Å²) in [6, 6.07) is 25.1. The number of nitrogens with one attached hydrogen (secondary N) is 1. The molecule has 3 aromatic carbocycles. The molecule has 0 saturated heterocycles. The van der Waals surface area contributed by atoms with Crippen molar-refractivity contribution in [1.82, 2.24) is 24.5 Å². The number of thioether (sulfide) groups is 1. The number of benzene rings is 3. The van der Waals surface area contributed by atoms with Gasteiger partial charge in [-0.2, -0.15) is 0 Å². The number of carbonyl (C=O) groups is 1. The number of fused-ring (bicyclic) bond motifs is 3. The fourth-order valence-electron chi connectivity index (χ4n) is 4.15. The summed E-state index contributed by atoms with van der Waals surface area (Å²) in [5, 5.41) is 12.8. The lowest BCUT2D eigenvalue weighted by atomic mass is 10.0. The Morgan fingerprint density at radius 1 is 0.943 bits per heavy atom. The third kappa shape index (κ3) is 4.44. The minimum absolute atomic E-state index is 0.0987. The lowest BCUT2D eigenvalue weighted by Gasteiger charge is -2.16. The molecule has 1 N–H and O–H groups in total. The monoisotopic (exact) mass is 483 g/mol. The molecule has 0 unspecified atom stereocenters. The third-order valence-electron chi connectivity index (χ3n) is 5.86. The smallest absolute Gasteiger partial charge is 0.267 e. The van der Waals surface area contributed by atoms with E-state index in [1.165, 1.54) is 11.8 Å². The van der Waals surface area contributed by atoms with Gasteiger partial charge < -0.3 is 5.32 Å². The van der Waals surface area contributed by atoms with Crippen LogP contribution in [0.3, 0.4) is 0 Å². The second kappa shape index (κ2) is 9.76. The van der Waals surface area contributed by atoms with Crippen LogP contribution in [0.4, 0.5) is 0 Å². The lowest BCUT2D eigenvalue weighted by Crippen LogP contribution is -2.25. The molecule has 1 amide bonds. The Hall–Kier alpha value is -3.91. The maximum Gasteiger partial charge on any atom is 0.267 e. The third-order valence-corrected chi connectivity index (χ3v) is 6.79. The SMILES string of the molecule is CC(C)c1ccccc1-n1c(=O)c2ccccc2n2c(SCC(=O)NCc3ccccc3)nnc12. The number of nitrogens with zero attached hydrogens (tertiary/aromatic N) is 4. The van der Waals surface area contributed by atoms with Crippen molar-refractivity contribution >= 4 is 34.3 Å². The highest BCUT2D eigenvalue weighted by Gasteiger charge is 2.20. The molecule has 35 heavy (non-hydrogen) atoms. The first-order chi connectivity index (χ1) is 17.0. The summed E-state index contributed by atoms with van der Waals surface area (Å²) in [5.74, 6) is 0.728. The molecule has 5 rings (SSSR count). The zero-order chi connectivity index (χ0) is 24.4. The minimum atomic E-state index is -0.147. The molecule has 176 valence electrons. The first kappa shape index (κ1) is 22.9. The molecule has 0 fully saturated rings.